The summed E-state index contributed by atoms with van der Waals surface area (Å²) in [5, 5.41) is 4.13. The first-order valence-electron chi connectivity index (χ1n) is 7.19. The van der Waals surface area contributed by atoms with Crippen molar-refractivity contribution in [2.45, 2.75) is 25.4 Å². The number of aromatic nitrogens is 1. The summed E-state index contributed by atoms with van der Waals surface area (Å²) in [6, 6.07) is 6.26. The molecule has 7 heteroatoms. The molecule has 0 spiro atoms. The molecule has 1 atom stereocenters. The van der Waals surface area contributed by atoms with Crippen LogP contribution in [0.5, 0.6) is 0 Å². The van der Waals surface area contributed by atoms with E-state index in [1.165, 1.54) is 17.5 Å². The Balaban J connectivity index is 1.76. The fourth-order valence-electron chi connectivity index (χ4n) is 3.09. The van der Waals surface area contributed by atoms with Gasteiger partial charge in [-0.1, -0.05) is 35.3 Å². The van der Waals surface area contributed by atoms with Gasteiger partial charge in [0, 0.05) is 11.3 Å². The summed E-state index contributed by atoms with van der Waals surface area (Å²) >= 11 is 12.7. The van der Waals surface area contributed by atoms with Crippen LogP contribution in [0, 0.1) is 0 Å². The number of nitrogens with one attached hydrogen (secondary N) is 3. The summed E-state index contributed by atoms with van der Waals surface area (Å²) in [7, 11) is 0. The van der Waals surface area contributed by atoms with Crippen LogP contribution in [0.3, 0.4) is 0 Å². The van der Waals surface area contributed by atoms with Crippen LogP contribution in [-0.4, -0.2) is 4.98 Å². The maximum atomic E-state index is 6.37. The lowest BCUT2D eigenvalue weighted by Gasteiger charge is -2.14. The first-order chi connectivity index (χ1) is 10.6. The van der Waals surface area contributed by atoms with Crippen LogP contribution in [0.2, 0.25) is 10.0 Å². The van der Waals surface area contributed by atoms with Crippen LogP contribution < -0.4 is 21.9 Å². The smallest absolute Gasteiger partial charge is 0.153 e. The third kappa shape index (κ3) is 2.13. The van der Waals surface area contributed by atoms with E-state index in [4.69, 9.17) is 28.9 Å². The molecule has 5 nitrogen and oxygen atoms in total. The molecule has 0 saturated heterocycles. The highest BCUT2D eigenvalue weighted by atomic mass is 35.5. The number of hydrogen-bond donors (Lipinski definition) is 4. The second kappa shape index (κ2) is 5.28. The molecule has 0 saturated carbocycles. The zero-order valence-corrected chi connectivity index (χ0v) is 13.2. The Morgan fingerprint density at radius 3 is 2.95 bits per heavy atom. The van der Waals surface area contributed by atoms with E-state index >= 15 is 0 Å². The number of pyridine rings is 1. The van der Waals surface area contributed by atoms with E-state index in [0.717, 1.165) is 18.5 Å². The summed E-state index contributed by atoms with van der Waals surface area (Å²) in [4.78, 5) is 4.50. The standard InChI is InChI=1S/C15H15Cl2N5/c16-11-10-13(18)21-22-14(10)20-15(12(11)17)19-9-6-2-4-7-3-1-5-8(7)9/h2,4,6,13,21H,1,3,5,18H2,(H2,19,20,22). The van der Waals surface area contributed by atoms with Gasteiger partial charge < -0.3 is 16.5 Å². The monoisotopic (exact) mass is 335 g/mol. The molecule has 5 N–H and O–H groups in total. The lowest BCUT2D eigenvalue weighted by atomic mass is 10.1. The Hall–Kier alpha value is -1.53. The fraction of sp³-hybridized carbons (Fsp3) is 0.267. The molecule has 1 aromatic carbocycles. The molecule has 0 amide bonds. The van der Waals surface area contributed by atoms with Gasteiger partial charge in [0.1, 0.15) is 11.2 Å². The zero-order chi connectivity index (χ0) is 15.3. The average Bonchev–Trinajstić information content (AvgIpc) is 3.12. The van der Waals surface area contributed by atoms with Crippen LogP contribution in [0.1, 0.15) is 29.3 Å². The predicted molar refractivity (Wildman–Crippen MR) is 89.7 cm³/mol. The van der Waals surface area contributed by atoms with Crippen molar-refractivity contribution >= 4 is 40.5 Å². The number of nitrogens with two attached hydrogens (primary N) is 1. The normalized spacial score (nSPS) is 18.8. The Morgan fingerprint density at radius 1 is 1.23 bits per heavy atom. The second-order valence-corrected chi connectivity index (χ2v) is 6.28. The van der Waals surface area contributed by atoms with Crippen LogP contribution >= 0.6 is 23.2 Å². The van der Waals surface area contributed by atoms with Gasteiger partial charge in [-0.3, -0.25) is 0 Å². The van der Waals surface area contributed by atoms with Crippen molar-refractivity contribution in [3.8, 4) is 0 Å². The maximum Gasteiger partial charge on any atom is 0.153 e. The number of anilines is 3. The zero-order valence-electron chi connectivity index (χ0n) is 11.7. The van der Waals surface area contributed by atoms with Gasteiger partial charge in [0.25, 0.3) is 0 Å². The molecule has 1 unspecified atom stereocenters. The molecular weight excluding hydrogens is 321 g/mol. The number of nitrogens with zero attached hydrogens (tertiary/aromatic N) is 1. The fourth-order valence-corrected chi connectivity index (χ4v) is 3.58. The van der Waals surface area contributed by atoms with Crippen LogP contribution in [0.25, 0.3) is 0 Å². The molecule has 4 rings (SSSR count). The summed E-state index contributed by atoms with van der Waals surface area (Å²) in [5.41, 5.74) is 16.2. The van der Waals surface area contributed by atoms with E-state index < -0.39 is 6.17 Å². The van der Waals surface area contributed by atoms with E-state index in [1.54, 1.807) is 0 Å². The molecule has 0 fully saturated rings. The Labute approximate surface area is 138 Å². The highest BCUT2D eigenvalue weighted by molar-refractivity contribution is 6.44. The van der Waals surface area contributed by atoms with Gasteiger partial charge in [-0.05, 0) is 36.5 Å². The van der Waals surface area contributed by atoms with Crippen molar-refractivity contribution in [3.05, 3.63) is 44.9 Å². The molecular formula is C15H15Cl2N5. The molecule has 2 aromatic rings. The lowest BCUT2D eigenvalue weighted by Crippen LogP contribution is -2.25. The average molecular weight is 336 g/mol. The van der Waals surface area contributed by atoms with E-state index in [0.29, 0.717) is 27.2 Å². The quantitative estimate of drug-likeness (QED) is 0.675. The summed E-state index contributed by atoms with van der Waals surface area (Å²) in [5.74, 6) is 1.14. The molecule has 1 aromatic heterocycles. The van der Waals surface area contributed by atoms with Crippen LogP contribution in [0.15, 0.2) is 18.2 Å². The van der Waals surface area contributed by atoms with Crippen LogP contribution in [-0.2, 0) is 12.8 Å². The van der Waals surface area contributed by atoms with Crippen molar-refractivity contribution in [2.24, 2.45) is 5.73 Å². The minimum absolute atomic E-state index is 0.386. The number of halogens is 2. The van der Waals surface area contributed by atoms with Crippen molar-refractivity contribution < 1.29 is 0 Å². The second-order valence-electron chi connectivity index (χ2n) is 5.52. The molecule has 1 aliphatic carbocycles. The van der Waals surface area contributed by atoms with E-state index in [1.807, 2.05) is 12.1 Å². The molecule has 2 aliphatic rings. The van der Waals surface area contributed by atoms with Crippen molar-refractivity contribution in [1.29, 1.82) is 0 Å². The third-order valence-electron chi connectivity index (χ3n) is 4.17. The number of hydrogen-bond acceptors (Lipinski definition) is 5. The number of rotatable bonds is 2. The summed E-state index contributed by atoms with van der Waals surface area (Å²) < 4.78 is 0. The number of hydrazine groups is 1. The largest absolute Gasteiger partial charge is 0.339 e. The number of benzene rings is 1. The molecule has 0 radical (unpaired) electrons. The third-order valence-corrected chi connectivity index (χ3v) is 5.03. The van der Waals surface area contributed by atoms with E-state index in [2.05, 4.69) is 27.2 Å². The molecule has 2 heterocycles. The first-order valence-corrected chi connectivity index (χ1v) is 7.94. The van der Waals surface area contributed by atoms with Gasteiger partial charge in [-0.25, -0.2) is 10.4 Å². The topological polar surface area (TPSA) is 75.0 Å². The lowest BCUT2D eigenvalue weighted by molar-refractivity contribution is 0.655. The molecule has 0 bridgehead atoms. The van der Waals surface area contributed by atoms with E-state index in [-0.39, 0.29) is 0 Å². The minimum atomic E-state index is -0.414. The molecule has 22 heavy (non-hydrogen) atoms. The highest BCUT2D eigenvalue weighted by Gasteiger charge is 2.27. The number of fused-ring (bicyclic) bond motifs is 2. The van der Waals surface area contributed by atoms with Crippen LogP contribution in [0.4, 0.5) is 17.3 Å². The van der Waals surface area contributed by atoms with Gasteiger partial charge in [0.05, 0.1) is 5.02 Å². The highest BCUT2D eigenvalue weighted by Crippen LogP contribution is 2.41. The van der Waals surface area contributed by atoms with Gasteiger partial charge in [0.2, 0.25) is 0 Å². The summed E-state index contributed by atoms with van der Waals surface area (Å²) in [6.45, 7) is 0. The molecule has 114 valence electrons. The number of aryl methyl sites for hydroxylation is 1. The first kappa shape index (κ1) is 14.1. The predicted octanol–water partition coefficient (Wildman–Crippen LogP) is 3.51. The molecule has 1 aliphatic heterocycles. The van der Waals surface area contributed by atoms with Gasteiger partial charge >= 0.3 is 0 Å². The Kier molecular flexibility index (Phi) is 3.38. The van der Waals surface area contributed by atoms with Gasteiger partial charge in [-0.15, -0.1) is 0 Å². The SMILES string of the molecule is NC1NNc2nc(Nc3cccc4c3CCC4)c(Cl)c(Cl)c21. The van der Waals surface area contributed by atoms with Crippen molar-refractivity contribution in [3.63, 3.8) is 0 Å². The van der Waals surface area contributed by atoms with Gasteiger partial charge in [-0.2, -0.15) is 0 Å². The van der Waals surface area contributed by atoms with Crippen molar-refractivity contribution in [1.82, 2.24) is 10.4 Å². The summed E-state index contributed by atoms with van der Waals surface area (Å²) in [6.07, 6.45) is 2.96. The van der Waals surface area contributed by atoms with Crippen molar-refractivity contribution in [2.75, 3.05) is 10.7 Å². The maximum absolute atomic E-state index is 6.37. The van der Waals surface area contributed by atoms with E-state index in [9.17, 15) is 0 Å². The minimum Gasteiger partial charge on any atom is -0.339 e. The van der Waals surface area contributed by atoms with Gasteiger partial charge in [0.15, 0.2) is 11.6 Å². The Bertz CT molecular complexity index is 762. The Morgan fingerprint density at radius 2 is 2.09 bits per heavy atom.